The molecule has 0 fully saturated rings. The van der Waals surface area contributed by atoms with Gasteiger partial charge in [-0.1, -0.05) is 0 Å². The molecule has 0 aliphatic heterocycles. The molecule has 2 aromatic rings. The molecule has 2 rings (SSSR count). The first-order valence-corrected chi connectivity index (χ1v) is 7.79. The van der Waals surface area contributed by atoms with Crippen LogP contribution in [0.1, 0.15) is 25.1 Å². The topological polar surface area (TPSA) is 103 Å². The molecule has 0 saturated carbocycles. The third-order valence-corrected chi connectivity index (χ3v) is 4.31. The lowest BCUT2D eigenvalue weighted by Crippen LogP contribution is -2.26. The van der Waals surface area contributed by atoms with Crippen molar-refractivity contribution in [2.24, 2.45) is 5.73 Å². The summed E-state index contributed by atoms with van der Waals surface area (Å²) in [5.41, 5.74) is 5.41. The van der Waals surface area contributed by atoms with Crippen LogP contribution in [-0.2, 0) is 16.6 Å². The normalized spacial score (nSPS) is 13.5. The van der Waals surface area contributed by atoms with Crippen LogP contribution in [0.3, 0.4) is 0 Å². The lowest BCUT2D eigenvalue weighted by atomic mass is 10.3. The van der Waals surface area contributed by atoms with Gasteiger partial charge in [0.1, 0.15) is 10.7 Å². The summed E-state index contributed by atoms with van der Waals surface area (Å²) in [5.74, 6) is 0.559. The van der Waals surface area contributed by atoms with Gasteiger partial charge in [-0.3, -0.25) is 4.68 Å². The Bertz CT molecular complexity index is 633. The predicted octanol–water partition coefficient (Wildman–Crippen LogP) is 0.864. The van der Waals surface area contributed by atoms with Gasteiger partial charge in [-0.15, -0.1) is 0 Å². The maximum Gasteiger partial charge on any atom is 0.244 e. The van der Waals surface area contributed by atoms with Crippen molar-refractivity contribution in [3.63, 3.8) is 0 Å². The van der Waals surface area contributed by atoms with Crippen LogP contribution in [-0.4, -0.2) is 24.7 Å². The van der Waals surface area contributed by atoms with E-state index in [9.17, 15) is 8.42 Å². The second-order valence-corrected chi connectivity index (χ2v) is 6.15. The van der Waals surface area contributed by atoms with Crippen molar-refractivity contribution in [3.8, 4) is 0 Å². The van der Waals surface area contributed by atoms with Gasteiger partial charge in [0, 0.05) is 12.7 Å². The number of nitrogens with one attached hydrogen (secondary N) is 1. The largest absolute Gasteiger partial charge is 0.468 e. The maximum absolute atomic E-state index is 12.2. The number of aromatic nitrogens is 2. The smallest absolute Gasteiger partial charge is 0.244 e. The molecule has 0 amide bonds. The lowest BCUT2D eigenvalue weighted by molar-refractivity contribution is 0.459. The van der Waals surface area contributed by atoms with Gasteiger partial charge in [0.15, 0.2) is 0 Å². The van der Waals surface area contributed by atoms with Gasteiger partial charge in [0.2, 0.25) is 10.0 Å². The molecule has 110 valence electrons. The molecule has 0 bridgehead atoms. The molecule has 20 heavy (non-hydrogen) atoms. The zero-order chi connectivity index (χ0) is 14.6. The summed E-state index contributed by atoms with van der Waals surface area (Å²) < 4.78 is 33.7. The van der Waals surface area contributed by atoms with Crippen LogP contribution in [0, 0.1) is 0 Å². The number of nitrogens with two attached hydrogens (primary N) is 1. The van der Waals surface area contributed by atoms with Gasteiger partial charge in [0.25, 0.3) is 0 Å². The van der Waals surface area contributed by atoms with Crippen molar-refractivity contribution in [1.82, 2.24) is 14.5 Å². The Balaban J connectivity index is 2.08. The predicted molar refractivity (Wildman–Crippen MR) is 73.3 cm³/mol. The van der Waals surface area contributed by atoms with E-state index in [1.807, 2.05) is 0 Å². The monoisotopic (exact) mass is 298 g/mol. The molecular weight excluding hydrogens is 280 g/mol. The van der Waals surface area contributed by atoms with Crippen LogP contribution in [0.4, 0.5) is 0 Å². The van der Waals surface area contributed by atoms with Crippen molar-refractivity contribution in [3.05, 3.63) is 36.5 Å². The van der Waals surface area contributed by atoms with Crippen LogP contribution in [0.2, 0.25) is 0 Å². The maximum atomic E-state index is 12.2. The zero-order valence-electron chi connectivity index (χ0n) is 11.2. The van der Waals surface area contributed by atoms with E-state index >= 15 is 0 Å². The van der Waals surface area contributed by atoms with Crippen LogP contribution in [0.25, 0.3) is 0 Å². The van der Waals surface area contributed by atoms with E-state index in [0.29, 0.717) is 18.8 Å². The molecule has 3 N–H and O–H groups in total. The summed E-state index contributed by atoms with van der Waals surface area (Å²) in [6, 6.07) is 2.99. The average Bonchev–Trinajstić information content (AvgIpc) is 3.07. The second-order valence-electron chi connectivity index (χ2n) is 4.44. The Hall–Kier alpha value is -1.64. The Morgan fingerprint density at radius 3 is 3.00 bits per heavy atom. The fourth-order valence-electron chi connectivity index (χ4n) is 1.76. The zero-order valence-corrected chi connectivity index (χ0v) is 12.0. The van der Waals surface area contributed by atoms with Crippen molar-refractivity contribution >= 4 is 10.0 Å². The SMILES string of the molecule is CC(NS(=O)(=O)c1cnn(CCCN)c1)c1ccco1. The van der Waals surface area contributed by atoms with Crippen LogP contribution in [0.5, 0.6) is 0 Å². The molecule has 7 nitrogen and oxygen atoms in total. The minimum Gasteiger partial charge on any atom is -0.468 e. The first-order chi connectivity index (χ1) is 9.53. The molecular formula is C12H18N4O3S. The van der Waals surface area contributed by atoms with Gasteiger partial charge in [-0.05, 0) is 32.0 Å². The van der Waals surface area contributed by atoms with E-state index in [4.69, 9.17) is 10.2 Å². The standard InChI is InChI=1S/C12H18N4O3S/c1-10(12-4-2-7-19-12)15-20(17,18)11-8-14-16(9-11)6-3-5-13/h2,4,7-10,15H,3,5-6,13H2,1H3. The molecule has 2 heterocycles. The molecule has 8 heteroatoms. The average molecular weight is 298 g/mol. The lowest BCUT2D eigenvalue weighted by Gasteiger charge is -2.10. The quantitative estimate of drug-likeness (QED) is 0.789. The summed E-state index contributed by atoms with van der Waals surface area (Å²) in [7, 11) is -3.61. The third-order valence-electron chi connectivity index (χ3n) is 2.81. The third kappa shape index (κ3) is 3.47. The summed E-state index contributed by atoms with van der Waals surface area (Å²) in [6.07, 6.45) is 5.07. The molecule has 1 atom stereocenters. The highest BCUT2D eigenvalue weighted by Crippen LogP contribution is 2.16. The summed E-state index contributed by atoms with van der Waals surface area (Å²) in [6.45, 7) is 2.85. The van der Waals surface area contributed by atoms with Crippen molar-refractivity contribution in [2.45, 2.75) is 30.8 Å². The minimum absolute atomic E-state index is 0.132. The van der Waals surface area contributed by atoms with Crippen LogP contribution < -0.4 is 10.5 Å². The first kappa shape index (κ1) is 14.8. The van der Waals surface area contributed by atoms with Crippen molar-refractivity contribution < 1.29 is 12.8 Å². The number of aryl methyl sites for hydroxylation is 1. The Kier molecular flexibility index (Phi) is 4.58. The highest BCUT2D eigenvalue weighted by atomic mass is 32.2. The fraction of sp³-hybridized carbons (Fsp3) is 0.417. The molecule has 0 saturated heterocycles. The Morgan fingerprint density at radius 2 is 2.35 bits per heavy atom. The number of rotatable bonds is 7. The van der Waals surface area contributed by atoms with Crippen LogP contribution in [0.15, 0.2) is 40.1 Å². The van der Waals surface area contributed by atoms with Gasteiger partial charge < -0.3 is 10.2 Å². The number of nitrogens with zero attached hydrogens (tertiary/aromatic N) is 2. The minimum atomic E-state index is -3.61. The summed E-state index contributed by atoms with van der Waals surface area (Å²) >= 11 is 0. The molecule has 1 unspecified atom stereocenters. The second kappa shape index (κ2) is 6.21. The number of furan rings is 1. The van der Waals surface area contributed by atoms with E-state index in [2.05, 4.69) is 9.82 Å². The molecule has 0 aliphatic carbocycles. The number of hydrogen-bond acceptors (Lipinski definition) is 5. The van der Waals surface area contributed by atoms with Crippen LogP contribution >= 0.6 is 0 Å². The number of hydrogen-bond donors (Lipinski definition) is 2. The highest BCUT2D eigenvalue weighted by molar-refractivity contribution is 7.89. The van der Waals surface area contributed by atoms with Gasteiger partial charge in [-0.25, -0.2) is 13.1 Å². The van der Waals surface area contributed by atoms with Gasteiger partial charge >= 0.3 is 0 Å². The van der Waals surface area contributed by atoms with E-state index in [1.54, 1.807) is 23.7 Å². The van der Waals surface area contributed by atoms with E-state index in [1.165, 1.54) is 18.7 Å². The highest BCUT2D eigenvalue weighted by Gasteiger charge is 2.21. The molecule has 0 radical (unpaired) electrons. The summed E-state index contributed by atoms with van der Waals surface area (Å²) in [5, 5.41) is 4.01. The van der Waals surface area contributed by atoms with E-state index < -0.39 is 16.1 Å². The van der Waals surface area contributed by atoms with E-state index in [-0.39, 0.29) is 4.90 Å². The van der Waals surface area contributed by atoms with Crippen molar-refractivity contribution in [1.29, 1.82) is 0 Å². The first-order valence-electron chi connectivity index (χ1n) is 6.31. The molecule has 0 spiro atoms. The number of sulfonamides is 1. The molecule has 0 aliphatic rings. The molecule has 2 aromatic heterocycles. The Morgan fingerprint density at radius 1 is 1.55 bits per heavy atom. The van der Waals surface area contributed by atoms with Crippen molar-refractivity contribution in [2.75, 3.05) is 6.54 Å². The Labute approximate surface area is 117 Å². The summed E-state index contributed by atoms with van der Waals surface area (Å²) in [4.78, 5) is 0.132. The fourth-order valence-corrected chi connectivity index (χ4v) is 2.92. The van der Waals surface area contributed by atoms with E-state index in [0.717, 1.165) is 6.42 Å². The van der Waals surface area contributed by atoms with Gasteiger partial charge in [0.05, 0.1) is 18.5 Å². The molecule has 0 aromatic carbocycles. The van der Waals surface area contributed by atoms with Gasteiger partial charge in [-0.2, -0.15) is 5.10 Å².